The Morgan fingerprint density at radius 1 is 1.18 bits per heavy atom. The highest BCUT2D eigenvalue weighted by Crippen LogP contribution is 2.29. The second kappa shape index (κ2) is 7.55. The van der Waals surface area contributed by atoms with Gasteiger partial charge in [-0.25, -0.2) is 0 Å². The number of amides is 1. The lowest BCUT2D eigenvalue weighted by Crippen LogP contribution is -2.13. The minimum atomic E-state index is -4.43. The number of carbonyl (C=O) groups excluding carboxylic acids is 1. The summed E-state index contributed by atoms with van der Waals surface area (Å²) in [6.45, 7) is -0.283. The smallest absolute Gasteiger partial charge is 0.416 e. The number of hydrogen-bond donors (Lipinski definition) is 2. The van der Waals surface area contributed by atoms with Crippen molar-refractivity contribution in [2.24, 2.45) is 0 Å². The molecule has 2 heterocycles. The predicted octanol–water partition coefficient (Wildman–Crippen LogP) is 2.48. The lowest BCUT2D eigenvalue weighted by Gasteiger charge is -2.08. The summed E-state index contributed by atoms with van der Waals surface area (Å²) in [5.74, 6) is -1.44. The Labute approximate surface area is 156 Å². The number of aromatic nitrogens is 4. The van der Waals surface area contributed by atoms with Crippen LogP contribution in [0, 0.1) is 0 Å². The zero-order chi connectivity index (χ0) is 20.3. The number of hydrogen-bond acceptors (Lipinski definition) is 4. The maximum absolute atomic E-state index is 12.8. The first kappa shape index (κ1) is 19.1. The van der Waals surface area contributed by atoms with Crippen molar-refractivity contribution in [2.45, 2.75) is 19.3 Å². The minimum absolute atomic E-state index is 0.0936. The molecule has 0 bridgehead atoms. The van der Waals surface area contributed by atoms with Crippen LogP contribution < -0.4 is 5.32 Å². The second-order valence-electron chi connectivity index (χ2n) is 5.87. The molecule has 8 nitrogen and oxygen atoms in total. The van der Waals surface area contributed by atoms with Crippen LogP contribution in [0.4, 0.5) is 19.0 Å². The number of halogens is 3. The van der Waals surface area contributed by atoms with Crippen LogP contribution in [0.1, 0.15) is 21.5 Å². The average Bonchev–Trinajstić information content (AvgIpc) is 3.23. The molecule has 0 spiro atoms. The molecule has 0 aliphatic carbocycles. The first-order chi connectivity index (χ1) is 13.2. The Morgan fingerprint density at radius 3 is 2.68 bits per heavy atom. The summed E-state index contributed by atoms with van der Waals surface area (Å²) >= 11 is 0. The van der Waals surface area contributed by atoms with Gasteiger partial charge in [-0.2, -0.15) is 23.4 Å². The van der Waals surface area contributed by atoms with Crippen LogP contribution in [0.2, 0.25) is 0 Å². The zero-order valence-electron chi connectivity index (χ0n) is 14.2. The number of rotatable bonds is 6. The van der Waals surface area contributed by atoms with Crippen molar-refractivity contribution in [1.29, 1.82) is 0 Å². The molecule has 0 saturated carbocycles. The number of carboxylic acid groups (broad SMARTS) is 1. The van der Waals surface area contributed by atoms with Crippen LogP contribution in [0.3, 0.4) is 0 Å². The van der Waals surface area contributed by atoms with E-state index in [0.717, 1.165) is 16.8 Å². The summed E-state index contributed by atoms with van der Waals surface area (Å²) in [4.78, 5) is 22.8. The van der Waals surface area contributed by atoms with Gasteiger partial charge in [0, 0.05) is 18.5 Å². The van der Waals surface area contributed by atoms with E-state index in [1.807, 2.05) is 0 Å². The molecule has 1 amide bonds. The Kier molecular flexibility index (Phi) is 5.16. The normalized spacial score (nSPS) is 11.4. The molecular weight excluding hydrogens is 379 g/mol. The second-order valence-corrected chi connectivity index (χ2v) is 5.87. The summed E-state index contributed by atoms with van der Waals surface area (Å²) < 4.78 is 40.8. The third-order valence-corrected chi connectivity index (χ3v) is 3.67. The first-order valence-corrected chi connectivity index (χ1v) is 7.96. The van der Waals surface area contributed by atoms with Gasteiger partial charge in [0.1, 0.15) is 6.54 Å². The summed E-state index contributed by atoms with van der Waals surface area (Å²) in [5.41, 5.74) is -0.191. The molecule has 3 rings (SSSR count). The van der Waals surface area contributed by atoms with Crippen molar-refractivity contribution in [1.82, 2.24) is 19.6 Å². The third kappa shape index (κ3) is 4.75. The zero-order valence-corrected chi connectivity index (χ0v) is 14.2. The first-order valence-electron chi connectivity index (χ1n) is 7.96. The summed E-state index contributed by atoms with van der Waals surface area (Å²) in [5, 5.41) is 19.1. The molecule has 0 unspecified atom stereocenters. The van der Waals surface area contributed by atoms with Crippen molar-refractivity contribution in [2.75, 3.05) is 5.32 Å². The Morgan fingerprint density at radius 2 is 1.96 bits per heavy atom. The SMILES string of the molecule is O=C(O)Cn1cc(C(=O)Nc2ccn(Cc3cccc(C(F)(F)F)c3)n2)cn1. The highest BCUT2D eigenvalue weighted by atomic mass is 19.4. The van der Waals surface area contributed by atoms with Crippen molar-refractivity contribution in [3.63, 3.8) is 0 Å². The molecule has 0 radical (unpaired) electrons. The van der Waals surface area contributed by atoms with E-state index < -0.39 is 23.6 Å². The number of nitrogens with one attached hydrogen (secondary N) is 1. The van der Waals surface area contributed by atoms with E-state index >= 15 is 0 Å². The van der Waals surface area contributed by atoms with Gasteiger partial charge < -0.3 is 10.4 Å². The number of anilines is 1. The Bertz CT molecular complexity index is 1010. The van der Waals surface area contributed by atoms with E-state index in [1.54, 1.807) is 6.07 Å². The van der Waals surface area contributed by atoms with Crippen molar-refractivity contribution < 1.29 is 27.9 Å². The van der Waals surface area contributed by atoms with Crippen LogP contribution in [0.25, 0.3) is 0 Å². The summed E-state index contributed by atoms with van der Waals surface area (Å²) in [7, 11) is 0. The topological polar surface area (TPSA) is 102 Å². The fraction of sp³-hybridized carbons (Fsp3) is 0.176. The standard InChI is InChI=1S/C17H14F3N5O3/c18-17(19,20)13-3-1-2-11(6-13)8-24-5-4-14(23-24)22-16(28)12-7-21-25(9-12)10-15(26)27/h1-7,9H,8,10H2,(H,26,27)(H,22,23,28). The monoisotopic (exact) mass is 393 g/mol. The average molecular weight is 393 g/mol. The van der Waals surface area contributed by atoms with Gasteiger partial charge in [-0.05, 0) is 17.7 Å². The molecule has 0 fully saturated rings. The highest BCUT2D eigenvalue weighted by molar-refractivity contribution is 6.03. The van der Waals surface area contributed by atoms with Crippen molar-refractivity contribution >= 4 is 17.7 Å². The summed E-state index contributed by atoms with van der Waals surface area (Å²) in [6.07, 6.45) is -0.408. The van der Waals surface area contributed by atoms with E-state index in [9.17, 15) is 22.8 Å². The fourth-order valence-corrected chi connectivity index (χ4v) is 2.44. The number of benzene rings is 1. The van der Waals surface area contributed by atoms with Crippen molar-refractivity contribution in [3.05, 3.63) is 65.6 Å². The van der Waals surface area contributed by atoms with Crippen molar-refractivity contribution in [3.8, 4) is 0 Å². The molecule has 28 heavy (non-hydrogen) atoms. The van der Waals surface area contributed by atoms with Crippen LogP contribution in [-0.4, -0.2) is 36.5 Å². The van der Waals surface area contributed by atoms with E-state index in [1.165, 1.54) is 35.4 Å². The van der Waals surface area contributed by atoms with Gasteiger partial charge in [0.2, 0.25) is 0 Å². The minimum Gasteiger partial charge on any atom is -0.480 e. The van der Waals surface area contributed by atoms with Gasteiger partial charge in [0.05, 0.1) is 23.9 Å². The number of alkyl halides is 3. The van der Waals surface area contributed by atoms with E-state index in [-0.39, 0.29) is 24.5 Å². The molecule has 0 aliphatic rings. The summed E-state index contributed by atoms with van der Waals surface area (Å²) in [6, 6.07) is 6.39. The largest absolute Gasteiger partial charge is 0.480 e. The van der Waals surface area contributed by atoms with Gasteiger partial charge >= 0.3 is 12.1 Å². The van der Waals surface area contributed by atoms with Gasteiger partial charge in [-0.1, -0.05) is 12.1 Å². The van der Waals surface area contributed by atoms with Crippen LogP contribution in [0.15, 0.2) is 48.9 Å². The van der Waals surface area contributed by atoms with E-state index in [0.29, 0.717) is 5.56 Å². The van der Waals surface area contributed by atoms with E-state index in [2.05, 4.69) is 15.5 Å². The quantitative estimate of drug-likeness (QED) is 0.670. The Hall–Kier alpha value is -3.63. The Balaban J connectivity index is 1.65. The maximum Gasteiger partial charge on any atom is 0.416 e. The third-order valence-electron chi connectivity index (χ3n) is 3.67. The van der Waals surface area contributed by atoms with Gasteiger partial charge in [0.15, 0.2) is 5.82 Å². The van der Waals surface area contributed by atoms with Crippen LogP contribution >= 0.6 is 0 Å². The molecule has 11 heteroatoms. The number of aliphatic carboxylic acids is 1. The number of carbonyl (C=O) groups is 2. The highest BCUT2D eigenvalue weighted by Gasteiger charge is 2.30. The van der Waals surface area contributed by atoms with Crippen LogP contribution in [-0.2, 0) is 24.1 Å². The molecule has 1 aromatic carbocycles. The van der Waals surface area contributed by atoms with Gasteiger partial charge in [-0.3, -0.25) is 19.0 Å². The molecule has 0 aliphatic heterocycles. The van der Waals surface area contributed by atoms with Gasteiger partial charge in [0.25, 0.3) is 5.91 Å². The molecular formula is C17H14F3N5O3. The molecule has 2 N–H and O–H groups in total. The lowest BCUT2D eigenvalue weighted by molar-refractivity contribution is -0.138. The van der Waals surface area contributed by atoms with Gasteiger partial charge in [-0.15, -0.1) is 0 Å². The lowest BCUT2D eigenvalue weighted by atomic mass is 10.1. The molecule has 0 atom stereocenters. The fourth-order valence-electron chi connectivity index (χ4n) is 2.44. The molecule has 3 aromatic rings. The molecule has 2 aromatic heterocycles. The predicted molar refractivity (Wildman–Crippen MR) is 90.6 cm³/mol. The number of nitrogens with zero attached hydrogens (tertiary/aromatic N) is 4. The number of carboxylic acids is 1. The van der Waals surface area contributed by atoms with Crippen LogP contribution in [0.5, 0.6) is 0 Å². The molecule has 0 saturated heterocycles. The molecule has 146 valence electrons. The van der Waals surface area contributed by atoms with E-state index in [4.69, 9.17) is 5.11 Å². The maximum atomic E-state index is 12.8.